The predicted molar refractivity (Wildman–Crippen MR) is 73.5 cm³/mol. The van der Waals surface area contributed by atoms with Crippen LogP contribution in [0.2, 0.25) is 6.32 Å². The quantitative estimate of drug-likeness (QED) is 0.478. The second-order valence-electron chi connectivity index (χ2n) is 4.56. The normalized spacial score (nSPS) is 25.3. The third kappa shape index (κ3) is 2.94. The molecule has 0 radical (unpaired) electrons. The summed E-state index contributed by atoms with van der Waals surface area (Å²) in [4.78, 5) is 0. The summed E-state index contributed by atoms with van der Waals surface area (Å²) in [6, 6.07) is 0. The Hall–Kier alpha value is 0.400. The minimum atomic E-state index is -0.586. The van der Waals surface area contributed by atoms with Gasteiger partial charge in [0.15, 0.2) is 7.98 Å². The van der Waals surface area contributed by atoms with E-state index < -0.39 is 10.4 Å². The molecule has 5 heteroatoms. The third-order valence-corrected chi connectivity index (χ3v) is 6.66. The van der Waals surface area contributed by atoms with Gasteiger partial charge in [0.2, 0.25) is 0 Å². The van der Waals surface area contributed by atoms with E-state index in [-0.39, 0.29) is 0 Å². The first kappa shape index (κ1) is 12.5. The molecule has 0 amide bonds. The molecule has 1 aliphatic rings. The van der Waals surface area contributed by atoms with Crippen molar-refractivity contribution in [1.82, 2.24) is 8.52 Å². The lowest BCUT2D eigenvalue weighted by Crippen LogP contribution is -2.27. The molecular weight excluding hydrogens is 190 g/mol. The highest BCUT2D eigenvalue weighted by atomic mass is 32.3. The Bertz CT molecular complexity index is 178. The van der Waals surface area contributed by atoms with E-state index in [1.165, 1.54) is 45.2 Å². The largest absolute Gasteiger partial charge is 0.302 e. The van der Waals surface area contributed by atoms with Crippen LogP contribution in [-0.4, -0.2) is 56.5 Å². The van der Waals surface area contributed by atoms with Crippen LogP contribution in [-0.2, 0) is 0 Å². The van der Waals surface area contributed by atoms with Crippen molar-refractivity contribution in [2.75, 3.05) is 32.1 Å². The van der Waals surface area contributed by atoms with E-state index in [0.717, 1.165) is 0 Å². The summed E-state index contributed by atoms with van der Waals surface area (Å²) in [6.07, 6.45) is 10.4. The van der Waals surface area contributed by atoms with Crippen LogP contribution in [0.4, 0.5) is 0 Å². The molecule has 0 bridgehead atoms. The minimum absolute atomic E-state index is 0.586. The zero-order valence-electron chi connectivity index (χ0n) is 10.3. The molecule has 0 saturated carbocycles. The van der Waals surface area contributed by atoms with Crippen LogP contribution in [0.15, 0.2) is 0 Å². The van der Waals surface area contributed by atoms with E-state index in [9.17, 15) is 0 Å². The van der Waals surface area contributed by atoms with Crippen molar-refractivity contribution in [3.63, 3.8) is 0 Å². The van der Waals surface area contributed by atoms with Crippen molar-refractivity contribution < 1.29 is 0 Å². The highest BCUT2D eigenvalue weighted by Crippen LogP contribution is 2.50. The van der Waals surface area contributed by atoms with Gasteiger partial charge in [0.05, 0.1) is 0 Å². The first-order chi connectivity index (χ1) is 6.59. The molecule has 0 N–H and O–H groups in total. The van der Waals surface area contributed by atoms with Crippen molar-refractivity contribution >= 4 is 26.2 Å². The molecular formula is C9H24B2N2S. The van der Waals surface area contributed by atoms with Crippen LogP contribution in [0.25, 0.3) is 0 Å². The van der Waals surface area contributed by atoms with E-state index in [4.69, 9.17) is 0 Å². The van der Waals surface area contributed by atoms with Crippen molar-refractivity contribution in [3.05, 3.63) is 0 Å². The number of hydrogen-bond donors (Lipinski definition) is 0. The molecule has 0 aromatic carbocycles. The Kier molecular flexibility index (Phi) is 4.88. The van der Waals surface area contributed by atoms with Crippen molar-refractivity contribution in [2.24, 2.45) is 0 Å². The van der Waals surface area contributed by atoms with Crippen molar-refractivity contribution in [2.45, 2.75) is 25.6 Å². The van der Waals surface area contributed by atoms with Gasteiger partial charge in [-0.1, -0.05) is 19.2 Å². The summed E-state index contributed by atoms with van der Waals surface area (Å²) in [5.41, 5.74) is 0. The van der Waals surface area contributed by atoms with Gasteiger partial charge in [-0.15, -0.1) is 10.4 Å². The summed E-state index contributed by atoms with van der Waals surface area (Å²) in [6.45, 7) is 3.85. The Balaban J connectivity index is 2.25. The summed E-state index contributed by atoms with van der Waals surface area (Å²) in [7, 11) is 3.96. The average Bonchev–Trinajstić information content (AvgIpc) is 2.38. The number of hydrogen-bond acceptors (Lipinski definition) is 2. The minimum Gasteiger partial charge on any atom is -0.302 e. The zero-order valence-corrected chi connectivity index (χ0v) is 11.1. The molecule has 1 fully saturated rings. The molecule has 82 valence electrons. The molecule has 0 aromatic rings. The van der Waals surface area contributed by atoms with Gasteiger partial charge in [-0.2, -0.15) is 0 Å². The molecule has 1 aliphatic heterocycles. The highest BCUT2D eigenvalue weighted by Gasteiger charge is 2.30. The monoisotopic (exact) mass is 214 g/mol. The SMILES string of the molecule is BCCCCCN1CCN(B)S1(C)C. The van der Waals surface area contributed by atoms with E-state index in [2.05, 4.69) is 36.9 Å². The van der Waals surface area contributed by atoms with Gasteiger partial charge in [0.1, 0.15) is 7.85 Å². The fourth-order valence-corrected chi connectivity index (χ4v) is 3.97. The molecule has 1 saturated heterocycles. The van der Waals surface area contributed by atoms with Crippen LogP contribution in [0.5, 0.6) is 0 Å². The van der Waals surface area contributed by atoms with Crippen LogP contribution in [0.1, 0.15) is 19.3 Å². The maximum atomic E-state index is 2.70. The number of nitrogens with zero attached hydrogens (tertiary/aromatic N) is 2. The van der Waals surface area contributed by atoms with Gasteiger partial charge in [0.25, 0.3) is 0 Å². The smallest absolute Gasteiger partial charge is 0.199 e. The molecule has 1 heterocycles. The summed E-state index contributed by atoms with van der Waals surface area (Å²) in [5, 5.41) is 0. The topological polar surface area (TPSA) is 6.48 Å². The number of unbranched alkanes of at least 4 members (excludes halogenated alkanes) is 2. The standard InChI is InChI=1S/C9H24B2N2S/c1-14(2)12(8-9-13(14)11)7-5-3-4-6-10/h3-11H2,1-2H3. The Labute approximate surface area is 92.8 Å². The first-order valence-corrected chi connectivity index (χ1v) is 8.15. The molecule has 14 heavy (non-hydrogen) atoms. The van der Waals surface area contributed by atoms with Gasteiger partial charge in [-0.05, 0) is 18.9 Å². The third-order valence-electron chi connectivity index (χ3n) is 3.32. The van der Waals surface area contributed by atoms with Gasteiger partial charge < -0.3 is 4.22 Å². The second kappa shape index (κ2) is 5.47. The summed E-state index contributed by atoms with van der Waals surface area (Å²) >= 11 is 0. The maximum absolute atomic E-state index is 2.70. The lowest BCUT2D eigenvalue weighted by atomic mass is 9.99. The second-order valence-corrected chi connectivity index (χ2v) is 8.14. The van der Waals surface area contributed by atoms with Gasteiger partial charge in [0, 0.05) is 19.6 Å². The fraction of sp³-hybridized carbons (Fsp3) is 1.00. The summed E-state index contributed by atoms with van der Waals surface area (Å²) in [5.74, 6) is 0. The van der Waals surface area contributed by atoms with Crippen LogP contribution < -0.4 is 0 Å². The Morgan fingerprint density at radius 2 is 1.86 bits per heavy atom. The Morgan fingerprint density at radius 3 is 2.36 bits per heavy atom. The van der Waals surface area contributed by atoms with E-state index in [0.29, 0.717) is 0 Å². The predicted octanol–water partition coefficient (Wildman–Crippen LogP) is 0.268. The van der Waals surface area contributed by atoms with E-state index in [1.54, 1.807) is 0 Å². The van der Waals surface area contributed by atoms with Crippen molar-refractivity contribution in [3.8, 4) is 0 Å². The van der Waals surface area contributed by atoms with Crippen LogP contribution in [0.3, 0.4) is 0 Å². The fourth-order valence-electron chi connectivity index (χ4n) is 1.95. The van der Waals surface area contributed by atoms with Gasteiger partial charge in [-0.3, -0.25) is 4.31 Å². The molecule has 0 unspecified atom stereocenters. The van der Waals surface area contributed by atoms with Gasteiger partial charge in [-0.25, -0.2) is 0 Å². The number of rotatable bonds is 5. The molecule has 0 spiro atoms. The molecule has 0 aliphatic carbocycles. The van der Waals surface area contributed by atoms with Crippen LogP contribution >= 0.6 is 10.4 Å². The lowest BCUT2D eigenvalue weighted by molar-refractivity contribution is 0.469. The lowest BCUT2D eigenvalue weighted by Gasteiger charge is -2.42. The average molecular weight is 214 g/mol. The van der Waals surface area contributed by atoms with Crippen LogP contribution in [0, 0.1) is 0 Å². The maximum Gasteiger partial charge on any atom is 0.199 e. The van der Waals surface area contributed by atoms with E-state index >= 15 is 0 Å². The molecule has 1 rings (SSSR count). The first-order valence-electron chi connectivity index (χ1n) is 5.78. The van der Waals surface area contributed by atoms with E-state index in [1.807, 2.05) is 0 Å². The molecule has 2 nitrogen and oxygen atoms in total. The van der Waals surface area contributed by atoms with Crippen molar-refractivity contribution in [1.29, 1.82) is 0 Å². The van der Waals surface area contributed by atoms with Gasteiger partial charge >= 0.3 is 0 Å². The zero-order chi connectivity index (χ0) is 10.6. The Morgan fingerprint density at radius 1 is 1.14 bits per heavy atom. The highest BCUT2D eigenvalue weighted by molar-refractivity contribution is 8.29. The summed E-state index contributed by atoms with van der Waals surface area (Å²) < 4.78 is 5.23. The molecule has 0 aromatic heterocycles. The molecule has 0 atom stereocenters.